The van der Waals surface area contributed by atoms with Gasteiger partial charge in [0.05, 0.1) is 28.7 Å². The number of nitrogens with one attached hydrogen (secondary N) is 1. The van der Waals surface area contributed by atoms with Gasteiger partial charge in [-0.15, -0.1) is 0 Å². The Bertz CT molecular complexity index is 972. The van der Waals surface area contributed by atoms with Gasteiger partial charge in [-0.3, -0.25) is 4.79 Å². The molecule has 8 heteroatoms. The van der Waals surface area contributed by atoms with Gasteiger partial charge in [0.25, 0.3) is 5.91 Å². The molecule has 1 atom stereocenters. The Hall–Kier alpha value is -2.93. The second kappa shape index (κ2) is 9.05. The molecule has 0 aliphatic carbocycles. The first-order valence-corrected chi connectivity index (χ1v) is 9.89. The van der Waals surface area contributed by atoms with Crippen molar-refractivity contribution in [3.8, 4) is 5.69 Å². The molecule has 0 aliphatic rings. The van der Waals surface area contributed by atoms with Gasteiger partial charge < -0.3 is 10.2 Å². The molecule has 0 fully saturated rings. The summed E-state index contributed by atoms with van der Waals surface area (Å²) in [6.07, 6.45) is 5.59. The Labute approximate surface area is 175 Å². The van der Waals surface area contributed by atoms with Crippen LogP contribution >= 0.6 is 11.6 Å². The molecule has 0 saturated carbocycles. The third kappa shape index (κ3) is 4.74. The van der Waals surface area contributed by atoms with Gasteiger partial charge in [-0.25, -0.2) is 4.98 Å². The van der Waals surface area contributed by atoms with E-state index < -0.39 is 0 Å². The molecule has 3 rings (SSSR count). The Morgan fingerprint density at radius 2 is 1.90 bits per heavy atom. The second-order valence-corrected chi connectivity index (χ2v) is 7.43. The number of hydrogen-bond acceptors (Lipinski definition) is 5. The molecule has 0 saturated heterocycles. The summed E-state index contributed by atoms with van der Waals surface area (Å²) in [5.41, 5.74) is 3.39. The number of carbonyl (C=O) groups is 1. The van der Waals surface area contributed by atoms with Crippen LogP contribution in [0.15, 0.2) is 42.9 Å². The second-order valence-electron chi connectivity index (χ2n) is 6.99. The van der Waals surface area contributed by atoms with Crippen LogP contribution in [0, 0.1) is 13.8 Å². The Morgan fingerprint density at radius 1 is 1.21 bits per heavy atom. The van der Waals surface area contributed by atoms with Crippen molar-refractivity contribution in [1.29, 1.82) is 0 Å². The van der Waals surface area contributed by atoms with Gasteiger partial charge in [0.15, 0.2) is 0 Å². The van der Waals surface area contributed by atoms with Gasteiger partial charge in [-0.05, 0) is 55.7 Å². The van der Waals surface area contributed by atoms with Gasteiger partial charge in [-0.2, -0.15) is 15.0 Å². The number of anilines is 1. The molecule has 0 unspecified atom stereocenters. The number of hydrogen-bond donors (Lipinski definition) is 1. The van der Waals surface area contributed by atoms with Crippen molar-refractivity contribution in [2.75, 3.05) is 18.9 Å². The topological polar surface area (TPSA) is 75.9 Å². The molecular weight excluding hydrogens is 388 g/mol. The van der Waals surface area contributed by atoms with Gasteiger partial charge in [-0.1, -0.05) is 18.5 Å². The fourth-order valence-corrected chi connectivity index (χ4v) is 3.20. The molecule has 3 aromatic rings. The lowest BCUT2D eigenvalue weighted by atomic mass is 10.0. The molecule has 0 bridgehead atoms. The van der Waals surface area contributed by atoms with E-state index >= 15 is 0 Å². The summed E-state index contributed by atoms with van der Waals surface area (Å²) in [6, 6.07) is 7.45. The zero-order chi connectivity index (χ0) is 21.0. The number of halogens is 1. The van der Waals surface area contributed by atoms with Crippen LogP contribution in [0.5, 0.6) is 0 Å². The van der Waals surface area contributed by atoms with E-state index in [1.165, 1.54) is 4.80 Å². The number of likely N-dealkylation sites (N-methyl/N-ethyl adjacent to an activating group) is 1. The van der Waals surface area contributed by atoms with Crippen LogP contribution < -0.4 is 5.32 Å². The van der Waals surface area contributed by atoms with Crippen LogP contribution in [0.1, 0.15) is 34.8 Å². The summed E-state index contributed by atoms with van der Waals surface area (Å²) in [6.45, 7) is 6.64. The first kappa shape index (κ1) is 20.8. The number of pyridine rings is 1. The SMILES string of the molecule is CC[C@@H](CNc1ccc(Cl)cn1)N(C)C(=O)c1cc(C)c(C)cc1-n1nccn1. The predicted octanol–water partition coefficient (Wildman–Crippen LogP) is 3.90. The average Bonchev–Trinajstić information content (AvgIpc) is 3.25. The molecule has 152 valence electrons. The zero-order valence-corrected chi connectivity index (χ0v) is 17.8. The molecule has 2 heterocycles. The van der Waals surface area contributed by atoms with E-state index in [1.807, 2.05) is 39.1 Å². The average molecular weight is 413 g/mol. The van der Waals surface area contributed by atoms with E-state index in [9.17, 15) is 4.79 Å². The zero-order valence-electron chi connectivity index (χ0n) is 17.1. The van der Waals surface area contributed by atoms with Gasteiger partial charge >= 0.3 is 0 Å². The molecule has 1 N–H and O–H groups in total. The van der Waals surface area contributed by atoms with E-state index in [-0.39, 0.29) is 11.9 Å². The van der Waals surface area contributed by atoms with E-state index in [0.717, 1.165) is 23.4 Å². The van der Waals surface area contributed by atoms with Gasteiger partial charge in [0.1, 0.15) is 5.82 Å². The first-order valence-electron chi connectivity index (χ1n) is 9.51. The smallest absolute Gasteiger partial charge is 0.256 e. The summed E-state index contributed by atoms with van der Waals surface area (Å²) < 4.78 is 0. The van der Waals surface area contributed by atoms with E-state index in [4.69, 9.17) is 11.6 Å². The van der Waals surface area contributed by atoms with Crippen LogP contribution in [-0.2, 0) is 0 Å². The number of amides is 1. The van der Waals surface area contributed by atoms with Crippen molar-refractivity contribution >= 4 is 23.3 Å². The Morgan fingerprint density at radius 3 is 2.52 bits per heavy atom. The van der Waals surface area contributed by atoms with Crippen molar-refractivity contribution in [2.45, 2.75) is 33.2 Å². The number of carbonyl (C=O) groups excluding carboxylic acids is 1. The Balaban J connectivity index is 1.82. The molecular formula is C21H25ClN6O. The minimum Gasteiger partial charge on any atom is -0.368 e. The van der Waals surface area contributed by atoms with Gasteiger partial charge in [0.2, 0.25) is 0 Å². The van der Waals surface area contributed by atoms with Crippen LogP contribution in [0.4, 0.5) is 5.82 Å². The third-order valence-electron chi connectivity index (χ3n) is 5.06. The van der Waals surface area contributed by atoms with Crippen LogP contribution in [0.2, 0.25) is 5.02 Å². The maximum absolute atomic E-state index is 13.4. The molecule has 2 aromatic heterocycles. The highest BCUT2D eigenvalue weighted by atomic mass is 35.5. The summed E-state index contributed by atoms with van der Waals surface area (Å²) >= 11 is 5.89. The van der Waals surface area contributed by atoms with Crippen LogP contribution in [0.3, 0.4) is 0 Å². The molecule has 0 radical (unpaired) electrons. The third-order valence-corrected chi connectivity index (χ3v) is 5.29. The molecule has 7 nitrogen and oxygen atoms in total. The molecule has 0 spiro atoms. The van der Waals surface area contributed by atoms with Crippen molar-refractivity contribution in [3.05, 3.63) is 64.6 Å². The molecule has 1 aromatic carbocycles. The fraction of sp³-hybridized carbons (Fsp3) is 0.333. The van der Waals surface area contributed by atoms with Crippen LogP contribution in [0.25, 0.3) is 5.69 Å². The number of aromatic nitrogens is 4. The van der Waals surface area contributed by atoms with Crippen molar-refractivity contribution < 1.29 is 4.79 Å². The molecule has 1 amide bonds. The minimum atomic E-state index is -0.0712. The van der Waals surface area contributed by atoms with E-state index in [2.05, 4.69) is 27.4 Å². The fourth-order valence-electron chi connectivity index (χ4n) is 3.09. The van der Waals surface area contributed by atoms with E-state index in [0.29, 0.717) is 22.8 Å². The number of nitrogens with zero attached hydrogens (tertiary/aromatic N) is 5. The van der Waals surface area contributed by atoms with Crippen molar-refractivity contribution in [1.82, 2.24) is 24.9 Å². The Kier molecular flexibility index (Phi) is 6.49. The highest BCUT2D eigenvalue weighted by molar-refractivity contribution is 6.30. The predicted molar refractivity (Wildman–Crippen MR) is 115 cm³/mol. The van der Waals surface area contributed by atoms with E-state index in [1.54, 1.807) is 29.6 Å². The normalized spacial score (nSPS) is 11.9. The number of rotatable bonds is 7. The maximum atomic E-state index is 13.4. The lowest BCUT2D eigenvalue weighted by molar-refractivity contribution is 0.0735. The van der Waals surface area contributed by atoms with Gasteiger partial charge in [0, 0.05) is 25.8 Å². The highest BCUT2D eigenvalue weighted by Gasteiger charge is 2.24. The first-order chi connectivity index (χ1) is 13.9. The monoisotopic (exact) mass is 412 g/mol. The summed E-state index contributed by atoms with van der Waals surface area (Å²) in [5.74, 6) is 0.652. The lowest BCUT2D eigenvalue weighted by Gasteiger charge is -2.28. The standard InChI is InChI=1S/C21H25ClN6O/c1-5-17(13-24-20-7-6-16(22)12-23-20)27(4)21(29)18-10-14(2)15(3)11-19(18)28-25-8-9-26-28/h6-12,17H,5,13H2,1-4H3,(H,23,24)/t17-/m0/s1. The van der Waals surface area contributed by atoms with Crippen molar-refractivity contribution in [3.63, 3.8) is 0 Å². The minimum absolute atomic E-state index is 0.0139. The molecule has 0 aliphatic heterocycles. The quantitative estimate of drug-likeness (QED) is 0.637. The number of aryl methyl sites for hydroxylation is 2. The largest absolute Gasteiger partial charge is 0.368 e. The summed E-state index contributed by atoms with van der Waals surface area (Å²) in [4.78, 5) is 20.9. The summed E-state index contributed by atoms with van der Waals surface area (Å²) in [7, 11) is 1.82. The number of benzene rings is 1. The van der Waals surface area contributed by atoms with Crippen LogP contribution in [-0.4, -0.2) is 50.4 Å². The molecule has 29 heavy (non-hydrogen) atoms. The summed E-state index contributed by atoms with van der Waals surface area (Å²) in [5, 5.41) is 12.3. The lowest BCUT2D eigenvalue weighted by Crippen LogP contribution is -2.41. The maximum Gasteiger partial charge on any atom is 0.256 e. The highest BCUT2D eigenvalue weighted by Crippen LogP contribution is 2.22. The van der Waals surface area contributed by atoms with Crippen molar-refractivity contribution in [2.24, 2.45) is 0 Å².